The third-order valence-corrected chi connectivity index (χ3v) is 4.65. The van der Waals surface area contributed by atoms with Crippen LogP contribution in [0.15, 0.2) is 18.2 Å². The summed E-state index contributed by atoms with van der Waals surface area (Å²) < 4.78 is 11.1. The van der Waals surface area contributed by atoms with Gasteiger partial charge in [-0.2, -0.15) is 0 Å². The number of hydrogen-bond donors (Lipinski definition) is 1. The highest BCUT2D eigenvalue weighted by atomic mass is 79.9. The fourth-order valence-corrected chi connectivity index (χ4v) is 3.30. The predicted molar refractivity (Wildman–Crippen MR) is 75.3 cm³/mol. The van der Waals surface area contributed by atoms with Crippen LogP contribution >= 0.6 is 15.9 Å². The van der Waals surface area contributed by atoms with E-state index >= 15 is 0 Å². The van der Waals surface area contributed by atoms with Gasteiger partial charge in [-0.1, -0.05) is 28.4 Å². The number of halogens is 1. The lowest BCUT2D eigenvalue weighted by molar-refractivity contribution is 0.0928. The molecular formula is C14H16BrNO3. The van der Waals surface area contributed by atoms with E-state index in [1.807, 2.05) is 12.1 Å². The highest BCUT2D eigenvalue weighted by Crippen LogP contribution is 2.34. The summed E-state index contributed by atoms with van der Waals surface area (Å²) in [5, 5.41) is 3.07. The fourth-order valence-electron chi connectivity index (χ4n) is 2.58. The summed E-state index contributed by atoms with van der Waals surface area (Å²) >= 11 is 3.61. The molecule has 0 radical (unpaired) electrons. The molecule has 0 bridgehead atoms. The van der Waals surface area contributed by atoms with Gasteiger partial charge in [0.05, 0.1) is 5.56 Å². The van der Waals surface area contributed by atoms with Crippen LogP contribution in [0, 0.1) is 0 Å². The molecule has 0 saturated heterocycles. The molecule has 0 spiro atoms. The number of carbonyl (C=O) groups excluding carboxylic acids is 1. The molecule has 1 heterocycles. The zero-order valence-corrected chi connectivity index (χ0v) is 12.1. The van der Waals surface area contributed by atoms with E-state index < -0.39 is 0 Å². The van der Waals surface area contributed by atoms with Gasteiger partial charge in [0, 0.05) is 10.9 Å². The Balaban J connectivity index is 1.80. The summed E-state index contributed by atoms with van der Waals surface area (Å²) in [7, 11) is 0. The predicted octanol–water partition coefficient (Wildman–Crippen LogP) is 2.50. The van der Waals surface area contributed by atoms with Crippen molar-refractivity contribution in [2.75, 3.05) is 13.2 Å². The van der Waals surface area contributed by atoms with E-state index in [0.717, 1.165) is 19.3 Å². The maximum atomic E-state index is 12.4. The SMILES string of the molecule is O=C(NC1CCCC1Br)c1cccc2c1OCCO2. The number of hydrogen-bond acceptors (Lipinski definition) is 3. The summed E-state index contributed by atoms with van der Waals surface area (Å²) in [5.74, 6) is 1.13. The number of benzene rings is 1. The van der Waals surface area contributed by atoms with Crippen molar-refractivity contribution in [3.05, 3.63) is 23.8 Å². The normalized spacial score (nSPS) is 25.1. The molecule has 2 aliphatic rings. The molecule has 1 aliphatic carbocycles. The zero-order valence-electron chi connectivity index (χ0n) is 10.5. The summed E-state index contributed by atoms with van der Waals surface area (Å²) in [5.41, 5.74) is 0.559. The second kappa shape index (κ2) is 5.41. The highest BCUT2D eigenvalue weighted by Gasteiger charge is 2.28. The molecule has 1 aromatic rings. The molecule has 19 heavy (non-hydrogen) atoms. The van der Waals surface area contributed by atoms with Crippen LogP contribution in [0.1, 0.15) is 29.6 Å². The zero-order chi connectivity index (χ0) is 13.2. The smallest absolute Gasteiger partial charge is 0.255 e. The average Bonchev–Trinajstić information content (AvgIpc) is 2.83. The van der Waals surface area contributed by atoms with Crippen LogP contribution in [0.25, 0.3) is 0 Å². The van der Waals surface area contributed by atoms with Crippen molar-refractivity contribution < 1.29 is 14.3 Å². The fraction of sp³-hybridized carbons (Fsp3) is 0.500. The summed E-state index contributed by atoms with van der Waals surface area (Å²) in [6.07, 6.45) is 3.28. The molecule has 2 unspecified atom stereocenters. The van der Waals surface area contributed by atoms with Gasteiger partial charge in [0.2, 0.25) is 0 Å². The van der Waals surface area contributed by atoms with Crippen molar-refractivity contribution in [3.8, 4) is 11.5 Å². The lowest BCUT2D eigenvalue weighted by atomic mass is 10.1. The number of carbonyl (C=O) groups is 1. The van der Waals surface area contributed by atoms with Crippen LogP contribution in [0.2, 0.25) is 0 Å². The first kappa shape index (κ1) is 12.8. The maximum absolute atomic E-state index is 12.4. The van der Waals surface area contributed by atoms with E-state index in [4.69, 9.17) is 9.47 Å². The Morgan fingerprint density at radius 1 is 1.26 bits per heavy atom. The molecule has 102 valence electrons. The molecule has 1 amide bonds. The van der Waals surface area contributed by atoms with Crippen molar-refractivity contribution in [2.45, 2.75) is 30.1 Å². The van der Waals surface area contributed by atoms with E-state index in [2.05, 4.69) is 21.2 Å². The monoisotopic (exact) mass is 325 g/mol. The number of nitrogens with one attached hydrogen (secondary N) is 1. The minimum Gasteiger partial charge on any atom is -0.486 e. The van der Waals surface area contributed by atoms with Gasteiger partial charge in [-0.25, -0.2) is 0 Å². The van der Waals surface area contributed by atoms with Gasteiger partial charge in [-0.3, -0.25) is 4.79 Å². The van der Waals surface area contributed by atoms with Crippen molar-refractivity contribution in [1.82, 2.24) is 5.32 Å². The Labute approximate surface area is 120 Å². The number of fused-ring (bicyclic) bond motifs is 1. The summed E-state index contributed by atoms with van der Waals surface area (Å²) in [6.45, 7) is 1.02. The van der Waals surface area contributed by atoms with Crippen LogP contribution in [-0.2, 0) is 0 Å². The lowest BCUT2D eigenvalue weighted by Gasteiger charge is -2.22. The quantitative estimate of drug-likeness (QED) is 0.850. The molecule has 1 saturated carbocycles. The first-order chi connectivity index (χ1) is 9.25. The number of amides is 1. The van der Waals surface area contributed by atoms with Crippen LogP contribution in [0.5, 0.6) is 11.5 Å². The Bertz CT molecular complexity index is 492. The van der Waals surface area contributed by atoms with Gasteiger partial charge in [0.15, 0.2) is 11.5 Å². The molecule has 1 N–H and O–H groups in total. The average molecular weight is 326 g/mol. The van der Waals surface area contributed by atoms with E-state index in [-0.39, 0.29) is 11.9 Å². The van der Waals surface area contributed by atoms with Crippen LogP contribution in [0.4, 0.5) is 0 Å². The Morgan fingerprint density at radius 3 is 2.89 bits per heavy atom. The Kier molecular flexibility index (Phi) is 3.64. The Hall–Kier alpha value is -1.23. The molecule has 1 aliphatic heterocycles. The van der Waals surface area contributed by atoms with Crippen molar-refractivity contribution in [1.29, 1.82) is 0 Å². The second-order valence-electron chi connectivity index (χ2n) is 4.86. The first-order valence-electron chi connectivity index (χ1n) is 6.59. The second-order valence-corrected chi connectivity index (χ2v) is 6.03. The topological polar surface area (TPSA) is 47.6 Å². The van der Waals surface area contributed by atoms with E-state index in [1.54, 1.807) is 6.07 Å². The van der Waals surface area contributed by atoms with Gasteiger partial charge in [-0.15, -0.1) is 0 Å². The standard InChI is InChI=1S/C14H16BrNO3/c15-10-4-2-5-11(10)16-14(17)9-3-1-6-12-13(9)19-8-7-18-12/h1,3,6,10-11H,2,4-5,7-8H2,(H,16,17). The van der Waals surface area contributed by atoms with E-state index in [1.165, 1.54) is 0 Å². The van der Waals surface area contributed by atoms with E-state index in [9.17, 15) is 4.79 Å². The summed E-state index contributed by atoms with van der Waals surface area (Å²) in [4.78, 5) is 12.7. The van der Waals surface area contributed by atoms with Gasteiger partial charge in [0.25, 0.3) is 5.91 Å². The van der Waals surface area contributed by atoms with Gasteiger partial charge < -0.3 is 14.8 Å². The van der Waals surface area contributed by atoms with Crippen molar-refractivity contribution in [3.63, 3.8) is 0 Å². The van der Waals surface area contributed by atoms with Gasteiger partial charge in [-0.05, 0) is 25.0 Å². The highest BCUT2D eigenvalue weighted by molar-refractivity contribution is 9.09. The largest absolute Gasteiger partial charge is 0.486 e. The Morgan fingerprint density at radius 2 is 2.11 bits per heavy atom. The third kappa shape index (κ3) is 2.56. The number of ether oxygens (including phenoxy) is 2. The molecular weight excluding hydrogens is 310 g/mol. The molecule has 1 aromatic carbocycles. The van der Waals surface area contributed by atoms with Crippen molar-refractivity contribution in [2.24, 2.45) is 0 Å². The lowest BCUT2D eigenvalue weighted by Crippen LogP contribution is -2.38. The first-order valence-corrected chi connectivity index (χ1v) is 7.51. The van der Waals surface area contributed by atoms with Crippen LogP contribution in [0.3, 0.4) is 0 Å². The minimum atomic E-state index is -0.0845. The molecule has 3 rings (SSSR count). The molecule has 5 heteroatoms. The summed E-state index contributed by atoms with van der Waals surface area (Å²) in [6, 6.07) is 5.63. The van der Waals surface area contributed by atoms with Crippen LogP contribution < -0.4 is 14.8 Å². The number of alkyl halides is 1. The molecule has 4 nitrogen and oxygen atoms in total. The molecule has 2 atom stereocenters. The minimum absolute atomic E-state index is 0.0845. The van der Waals surface area contributed by atoms with Crippen LogP contribution in [-0.4, -0.2) is 30.0 Å². The van der Waals surface area contributed by atoms with Gasteiger partial charge >= 0.3 is 0 Å². The molecule has 1 fully saturated rings. The van der Waals surface area contributed by atoms with Gasteiger partial charge in [0.1, 0.15) is 13.2 Å². The molecule has 0 aromatic heterocycles. The number of para-hydroxylation sites is 1. The van der Waals surface area contributed by atoms with E-state index in [0.29, 0.717) is 35.1 Å². The number of rotatable bonds is 2. The van der Waals surface area contributed by atoms with Crippen molar-refractivity contribution >= 4 is 21.8 Å². The third-order valence-electron chi connectivity index (χ3n) is 3.56. The maximum Gasteiger partial charge on any atom is 0.255 e.